The minimum atomic E-state index is -0.653. The van der Waals surface area contributed by atoms with Crippen LogP contribution in [0.4, 0.5) is 5.13 Å². The summed E-state index contributed by atoms with van der Waals surface area (Å²) in [7, 11) is 1.62. The summed E-state index contributed by atoms with van der Waals surface area (Å²) in [5.41, 5.74) is 3.09. The molecule has 0 aliphatic carbocycles. The number of nitrogens with one attached hydrogen (secondary N) is 1. The molecule has 0 radical (unpaired) electrons. The monoisotopic (exact) mass is 383 g/mol. The zero-order valence-electron chi connectivity index (χ0n) is 15.6. The van der Waals surface area contributed by atoms with Crippen molar-refractivity contribution in [3.8, 4) is 22.1 Å². The number of aryl methyl sites for hydroxylation is 2. The number of anilines is 1. The minimum absolute atomic E-state index is 0.272. The number of hydrogen-bond acceptors (Lipinski definition) is 6. The van der Waals surface area contributed by atoms with Gasteiger partial charge in [0.25, 0.3) is 5.91 Å². The van der Waals surface area contributed by atoms with Crippen molar-refractivity contribution in [2.75, 3.05) is 12.4 Å². The lowest BCUT2D eigenvalue weighted by atomic mass is 10.1. The lowest BCUT2D eigenvalue weighted by Gasteiger charge is -2.14. The molecule has 1 atom stereocenters. The van der Waals surface area contributed by atoms with Crippen molar-refractivity contribution in [1.82, 2.24) is 10.2 Å². The van der Waals surface area contributed by atoms with E-state index in [0.717, 1.165) is 27.4 Å². The number of carbonyl (C=O) groups excluding carboxylic acids is 1. The number of nitrogens with zero attached hydrogens (tertiary/aromatic N) is 2. The van der Waals surface area contributed by atoms with Gasteiger partial charge in [0.15, 0.2) is 6.10 Å². The molecule has 1 N–H and O–H groups in total. The Morgan fingerprint density at radius 1 is 1.04 bits per heavy atom. The summed E-state index contributed by atoms with van der Waals surface area (Å²) in [5, 5.41) is 12.1. The summed E-state index contributed by atoms with van der Waals surface area (Å²) in [6.45, 7) is 5.69. The molecule has 1 amide bonds. The summed E-state index contributed by atoms with van der Waals surface area (Å²) >= 11 is 1.31. The molecule has 140 valence electrons. The van der Waals surface area contributed by atoms with Crippen molar-refractivity contribution in [2.45, 2.75) is 26.9 Å². The standard InChI is InChI=1S/C20H21N3O3S/c1-12-9-13(2)11-17(10-12)26-14(3)18(24)21-20-23-22-19(27-20)15-5-7-16(25-4)8-6-15/h5-11,14H,1-4H3,(H,21,23,24)/t14-/m1/s1. The first kappa shape index (κ1) is 18.8. The Morgan fingerprint density at radius 3 is 2.33 bits per heavy atom. The number of ether oxygens (including phenoxy) is 2. The summed E-state index contributed by atoms with van der Waals surface area (Å²) in [5.74, 6) is 1.17. The highest BCUT2D eigenvalue weighted by Gasteiger charge is 2.17. The van der Waals surface area contributed by atoms with Crippen molar-refractivity contribution < 1.29 is 14.3 Å². The van der Waals surface area contributed by atoms with Crippen LogP contribution in [0.15, 0.2) is 42.5 Å². The van der Waals surface area contributed by atoms with Gasteiger partial charge in [0, 0.05) is 5.56 Å². The van der Waals surface area contributed by atoms with Crippen LogP contribution in [0.25, 0.3) is 10.6 Å². The van der Waals surface area contributed by atoms with Crippen LogP contribution in [0.5, 0.6) is 11.5 Å². The van der Waals surface area contributed by atoms with E-state index in [0.29, 0.717) is 10.9 Å². The van der Waals surface area contributed by atoms with E-state index in [4.69, 9.17) is 9.47 Å². The Kier molecular flexibility index (Phi) is 5.71. The average molecular weight is 383 g/mol. The van der Waals surface area contributed by atoms with Crippen LogP contribution in [0.2, 0.25) is 0 Å². The van der Waals surface area contributed by atoms with Crippen LogP contribution < -0.4 is 14.8 Å². The summed E-state index contributed by atoms with van der Waals surface area (Å²) in [6.07, 6.45) is -0.653. The summed E-state index contributed by atoms with van der Waals surface area (Å²) < 4.78 is 10.9. The molecule has 0 unspecified atom stereocenters. The van der Waals surface area contributed by atoms with Gasteiger partial charge in [0.1, 0.15) is 16.5 Å². The van der Waals surface area contributed by atoms with Gasteiger partial charge in [-0.05, 0) is 68.3 Å². The van der Waals surface area contributed by atoms with Crippen LogP contribution in [-0.2, 0) is 4.79 Å². The lowest BCUT2D eigenvalue weighted by Crippen LogP contribution is -2.30. The molecule has 6 nitrogen and oxygen atoms in total. The quantitative estimate of drug-likeness (QED) is 0.689. The van der Waals surface area contributed by atoms with Crippen LogP contribution in [0.3, 0.4) is 0 Å². The number of aromatic nitrogens is 2. The Bertz CT molecular complexity index is 918. The molecule has 7 heteroatoms. The second-order valence-electron chi connectivity index (χ2n) is 6.21. The maximum absolute atomic E-state index is 12.4. The molecule has 27 heavy (non-hydrogen) atoms. The molecule has 3 rings (SSSR count). The average Bonchev–Trinajstić information content (AvgIpc) is 3.09. The van der Waals surface area contributed by atoms with Gasteiger partial charge >= 0.3 is 0 Å². The number of benzene rings is 2. The fourth-order valence-electron chi connectivity index (χ4n) is 2.59. The van der Waals surface area contributed by atoms with Crippen molar-refractivity contribution in [2.24, 2.45) is 0 Å². The molecule has 2 aromatic carbocycles. The zero-order chi connectivity index (χ0) is 19.4. The van der Waals surface area contributed by atoms with E-state index in [1.165, 1.54) is 11.3 Å². The molecule has 0 aliphatic rings. The van der Waals surface area contributed by atoms with Gasteiger partial charge in [-0.3, -0.25) is 10.1 Å². The topological polar surface area (TPSA) is 73.3 Å². The molecule has 1 heterocycles. The maximum Gasteiger partial charge on any atom is 0.266 e. The van der Waals surface area contributed by atoms with Crippen molar-refractivity contribution >= 4 is 22.4 Å². The molecule has 0 fully saturated rings. The molecule has 0 saturated carbocycles. The molecular weight excluding hydrogens is 362 g/mol. The molecule has 0 aliphatic heterocycles. The second kappa shape index (κ2) is 8.18. The summed E-state index contributed by atoms with van der Waals surface area (Å²) in [6, 6.07) is 13.4. The highest BCUT2D eigenvalue weighted by Crippen LogP contribution is 2.28. The van der Waals surface area contributed by atoms with Gasteiger partial charge in [0.05, 0.1) is 7.11 Å². The van der Waals surface area contributed by atoms with Crippen LogP contribution in [0, 0.1) is 13.8 Å². The number of rotatable bonds is 6. The van der Waals surface area contributed by atoms with Gasteiger partial charge in [0.2, 0.25) is 5.13 Å². The van der Waals surface area contributed by atoms with Gasteiger partial charge in [-0.15, -0.1) is 10.2 Å². The fraction of sp³-hybridized carbons (Fsp3) is 0.250. The highest BCUT2D eigenvalue weighted by molar-refractivity contribution is 7.18. The van der Waals surface area contributed by atoms with Crippen LogP contribution in [-0.4, -0.2) is 29.3 Å². The number of methoxy groups -OCH3 is 1. The number of amides is 1. The second-order valence-corrected chi connectivity index (χ2v) is 7.19. The predicted molar refractivity (Wildman–Crippen MR) is 107 cm³/mol. The third kappa shape index (κ3) is 4.83. The van der Waals surface area contributed by atoms with Crippen LogP contribution in [0.1, 0.15) is 18.1 Å². The van der Waals surface area contributed by atoms with E-state index in [2.05, 4.69) is 21.6 Å². The zero-order valence-corrected chi connectivity index (χ0v) is 16.5. The first-order chi connectivity index (χ1) is 12.9. The maximum atomic E-state index is 12.4. The Labute approximate surface area is 162 Å². The number of hydrogen-bond donors (Lipinski definition) is 1. The molecular formula is C20H21N3O3S. The molecule has 1 aromatic heterocycles. The first-order valence-electron chi connectivity index (χ1n) is 8.48. The lowest BCUT2D eigenvalue weighted by molar-refractivity contribution is -0.122. The third-order valence-electron chi connectivity index (χ3n) is 3.87. The normalized spacial score (nSPS) is 11.7. The SMILES string of the molecule is COc1ccc(-c2nnc(NC(=O)[C@@H](C)Oc3cc(C)cc(C)c3)s2)cc1. The van der Waals surface area contributed by atoms with Crippen molar-refractivity contribution in [3.05, 3.63) is 53.6 Å². The predicted octanol–water partition coefficient (Wildman–Crippen LogP) is 4.24. The Morgan fingerprint density at radius 2 is 1.70 bits per heavy atom. The third-order valence-corrected chi connectivity index (χ3v) is 4.76. The largest absolute Gasteiger partial charge is 0.497 e. The van der Waals surface area contributed by atoms with E-state index < -0.39 is 6.10 Å². The first-order valence-corrected chi connectivity index (χ1v) is 9.30. The Balaban J connectivity index is 1.64. The van der Waals surface area contributed by atoms with Crippen LogP contribution >= 0.6 is 11.3 Å². The molecule has 0 spiro atoms. The van der Waals surface area contributed by atoms with Crippen molar-refractivity contribution in [3.63, 3.8) is 0 Å². The molecule has 0 saturated heterocycles. The molecule has 3 aromatic rings. The fourth-order valence-corrected chi connectivity index (χ4v) is 3.34. The van der Waals surface area contributed by atoms with Gasteiger partial charge in [-0.2, -0.15) is 0 Å². The Hall–Kier alpha value is -2.93. The van der Waals surface area contributed by atoms with Gasteiger partial charge in [-0.25, -0.2) is 0 Å². The van der Waals surface area contributed by atoms with Crippen molar-refractivity contribution in [1.29, 1.82) is 0 Å². The minimum Gasteiger partial charge on any atom is -0.497 e. The van der Waals surface area contributed by atoms with E-state index >= 15 is 0 Å². The van der Waals surface area contributed by atoms with E-state index in [9.17, 15) is 4.79 Å². The number of carbonyl (C=O) groups is 1. The van der Waals surface area contributed by atoms with E-state index in [1.807, 2.05) is 50.2 Å². The van der Waals surface area contributed by atoms with Gasteiger partial charge in [-0.1, -0.05) is 17.4 Å². The molecule has 0 bridgehead atoms. The van der Waals surface area contributed by atoms with E-state index in [1.54, 1.807) is 14.0 Å². The van der Waals surface area contributed by atoms with Gasteiger partial charge < -0.3 is 9.47 Å². The highest BCUT2D eigenvalue weighted by atomic mass is 32.1. The van der Waals surface area contributed by atoms with E-state index in [-0.39, 0.29) is 5.91 Å². The summed E-state index contributed by atoms with van der Waals surface area (Å²) in [4.78, 5) is 12.4. The smallest absolute Gasteiger partial charge is 0.266 e.